The van der Waals surface area contributed by atoms with E-state index in [4.69, 9.17) is 14.2 Å². The number of esters is 1. The van der Waals surface area contributed by atoms with Gasteiger partial charge in [-0.2, -0.15) is 0 Å². The van der Waals surface area contributed by atoms with E-state index in [1.54, 1.807) is 14.0 Å². The molecule has 5 heteroatoms. The minimum absolute atomic E-state index is 0.179. The van der Waals surface area contributed by atoms with E-state index in [-0.39, 0.29) is 12.8 Å². The summed E-state index contributed by atoms with van der Waals surface area (Å²) in [5.41, 5.74) is -0.489. The van der Waals surface area contributed by atoms with Crippen LogP contribution < -0.4 is 0 Å². The molecule has 3 atom stereocenters. The lowest BCUT2D eigenvalue weighted by molar-refractivity contribution is -0.233. The van der Waals surface area contributed by atoms with E-state index in [2.05, 4.69) is 18.4 Å². The van der Waals surface area contributed by atoms with Crippen LogP contribution in [0.15, 0.2) is 12.3 Å². The van der Waals surface area contributed by atoms with Gasteiger partial charge in [-0.25, -0.2) is 0 Å². The zero-order valence-corrected chi connectivity index (χ0v) is 17.6. The van der Waals surface area contributed by atoms with Crippen molar-refractivity contribution in [2.24, 2.45) is 5.92 Å². The molecule has 1 saturated heterocycles. The summed E-state index contributed by atoms with van der Waals surface area (Å²) in [6.45, 7) is 8.69. The third-order valence-electron chi connectivity index (χ3n) is 6.19. The molecule has 0 radical (unpaired) electrons. The predicted octanol–water partition coefficient (Wildman–Crippen LogP) is 5.01. The van der Waals surface area contributed by atoms with Crippen LogP contribution in [0.5, 0.6) is 0 Å². The first kappa shape index (κ1) is 22.2. The molecule has 0 bridgehead atoms. The molecule has 0 spiro atoms. The Kier molecular flexibility index (Phi) is 9.10. The molecule has 2 aliphatic rings. The van der Waals surface area contributed by atoms with Gasteiger partial charge in [0.05, 0.1) is 6.54 Å². The number of likely N-dealkylation sites (tertiary alicyclic amines) is 1. The summed E-state index contributed by atoms with van der Waals surface area (Å²) in [7, 11) is 1.61. The molecule has 5 nitrogen and oxygen atoms in total. The molecule has 1 heterocycles. The van der Waals surface area contributed by atoms with Gasteiger partial charge in [-0.3, -0.25) is 9.69 Å². The minimum atomic E-state index is -0.489. The number of hydrogen-bond acceptors (Lipinski definition) is 5. The first-order valence-electron chi connectivity index (χ1n) is 10.8. The van der Waals surface area contributed by atoms with E-state index in [0.29, 0.717) is 24.3 Å². The van der Waals surface area contributed by atoms with Crippen LogP contribution in [0.3, 0.4) is 0 Å². The third kappa shape index (κ3) is 5.95. The normalized spacial score (nSPS) is 28.4. The number of nitrogens with zero attached hydrogens (tertiary/aromatic N) is 1. The van der Waals surface area contributed by atoms with Gasteiger partial charge >= 0.3 is 5.97 Å². The molecule has 0 N–H and O–H groups in total. The van der Waals surface area contributed by atoms with Crippen molar-refractivity contribution in [3.63, 3.8) is 0 Å². The van der Waals surface area contributed by atoms with Gasteiger partial charge in [0, 0.05) is 32.4 Å². The first-order valence-corrected chi connectivity index (χ1v) is 10.8. The maximum absolute atomic E-state index is 12.0. The molecule has 0 aromatic carbocycles. The highest BCUT2D eigenvalue weighted by Crippen LogP contribution is 2.48. The van der Waals surface area contributed by atoms with Gasteiger partial charge in [0.25, 0.3) is 0 Å². The lowest BCUT2D eigenvalue weighted by atomic mass is 9.72. The average molecular weight is 382 g/mol. The van der Waals surface area contributed by atoms with Gasteiger partial charge in [-0.1, -0.05) is 45.6 Å². The van der Waals surface area contributed by atoms with Crippen LogP contribution in [-0.2, 0) is 19.0 Å². The van der Waals surface area contributed by atoms with Crippen molar-refractivity contribution in [1.82, 2.24) is 4.90 Å². The van der Waals surface area contributed by atoms with Gasteiger partial charge in [-0.05, 0) is 32.1 Å². The summed E-state index contributed by atoms with van der Waals surface area (Å²) < 4.78 is 16.8. The first-order chi connectivity index (χ1) is 13.0. The number of carbonyl (C=O) groups is 1. The average Bonchev–Trinajstić information content (AvgIpc) is 2.64. The fourth-order valence-corrected chi connectivity index (χ4v) is 4.99. The molecule has 2 rings (SSSR count). The van der Waals surface area contributed by atoms with Crippen LogP contribution in [0.4, 0.5) is 0 Å². The second kappa shape index (κ2) is 11.1. The summed E-state index contributed by atoms with van der Waals surface area (Å²) in [5.74, 6) is 0.924. The van der Waals surface area contributed by atoms with Crippen molar-refractivity contribution < 1.29 is 19.0 Å². The number of unbranched alkanes of at least 4 members (excludes halogenated alkanes) is 3. The van der Waals surface area contributed by atoms with Crippen molar-refractivity contribution in [3.8, 4) is 0 Å². The van der Waals surface area contributed by atoms with Gasteiger partial charge in [0.1, 0.15) is 5.76 Å². The zero-order valence-electron chi connectivity index (χ0n) is 17.6. The summed E-state index contributed by atoms with van der Waals surface area (Å²) in [6, 6.07) is 0.415. The quantitative estimate of drug-likeness (QED) is 0.218. The number of fused-ring (bicyclic) bond motifs is 1. The lowest BCUT2D eigenvalue weighted by Crippen LogP contribution is -2.64. The highest BCUT2D eigenvalue weighted by atomic mass is 16.7. The van der Waals surface area contributed by atoms with Crippen molar-refractivity contribution in [3.05, 3.63) is 12.3 Å². The molecule has 0 amide bonds. The highest BCUT2D eigenvalue weighted by molar-refractivity contribution is 5.66. The highest BCUT2D eigenvalue weighted by Gasteiger charge is 2.53. The van der Waals surface area contributed by atoms with E-state index in [1.807, 2.05) is 0 Å². The third-order valence-corrected chi connectivity index (χ3v) is 6.19. The SMILES string of the molecule is C=C(CN1[C@@H](CCCCCC)CC[C@@H]2CCCC[C@]21OC(C)=O)OCOC. The Balaban J connectivity index is 2.19. The topological polar surface area (TPSA) is 48.0 Å². The van der Waals surface area contributed by atoms with Gasteiger partial charge in [0.2, 0.25) is 0 Å². The number of ether oxygens (including phenoxy) is 3. The van der Waals surface area contributed by atoms with E-state index in [0.717, 1.165) is 38.5 Å². The van der Waals surface area contributed by atoms with Gasteiger partial charge < -0.3 is 14.2 Å². The van der Waals surface area contributed by atoms with Crippen LogP contribution in [-0.4, -0.2) is 43.1 Å². The lowest BCUT2D eigenvalue weighted by Gasteiger charge is -2.56. The Morgan fingerprint density at radius 3 is 2.70 bits per heavy atom. The molecule has 1 aliphatic heterocycles. The Morgan fingerprint density at radius 1 is 1.19 bits per heavy atom. The van der Waals surface area contributed by atoms with E-state index >= 15 is 0 Å². The molecule has 156 valence electrons. The largest absolute Gasteiger partial charge is 0.471 e. The number of methoxy groups -OCH3 is 1. The molecule has 27 heavy (non-hydrogen) atoms. The minimum Gasteiger partial charge on any atom is -0.471 e. The van der Waals surface area contributed by atoms with Crippen LogP contribution in [0.2, 0.25) is 0 Å². The summed E-state index contributed by atoms with van der Waals surface area (Å²) in [4.78, 5) is 14.5. The van der Waals surface area contributed by atoms with Crippen LogP contribution in [0.25, 0.3) is 0 Å². The van der Waals surface area contributed by atoms with Gasteiger partial charge in [0.15, 0.2) is 12.5 Å². The molecule has 2 fully saturated rings. The molecule has 1 saturated carbocycles. The van der Waals surface area contributed by atoms with E-state index in [1.165, 1.54) is 32.1 Å². The molecule has 0 aromatic rings. The molecule has 0 unspecified atom stereocenters. The number of hydrogen-bond donors (Lipinski definition) is 0. The fourth-order valence-electron chi connectivity index (χ4n) is 4.99. The molecule has 1 aliphatic carbocycles. The van der Waals surface area contributed by atoms with Crippen molar-refractivity contribution in [1.29, 1.82) is 0 Å². The Morgan fingerprint density at radius 2 is 2.00 bits per heavy atom. The number of piperidine rings is 1. The standard InChI is InChI=1S/C22H39NO4/c1-5-6-7-8-12-21-14-13-20-11-9-10-15-22(20,27-19(3)24)23(21)16-18(2)26-17-25-4/h20-21H,2,5-17H2,1,3-4H3/t20-,21-,22-/m0/s1. The van der Waals surface area contributed by atoms with Crippen molar-refractivity contribution in [2.75, 3.05) is 20.4 Å². The van der Waals surface area contributed by atoms with Crippen LogP contribution in [0.1, 0.15) is 84.5 Å². The van der Waals surface area contributed by atoms with Crippen LogP contribution in [0, 0.1) is 5.92 Å². The van der Waals surface area contributed by atoms with Crippen molar-refractivity contribution in [2.45, 2.75) is 96.2 Å². The summed E-state index contributed by atoms with van der Waals surface area (Å²) in [5, 5.41) is 0. The van der Waals surface area contributed by atoms with E-state index < -0.39 is 5.72 Å². The number of carbonyl (C=O) groups excluding carboxylic acids is 1. The summed E-state index contributed by atoms with van der Waals surface area (Å²) >= 11 is 0. The second-order valence-electron chi connectivity index (χ2n) is 8.18. The van der Waals surface area contributed by atoms with Gasteiger partial charge in [-0.15, -0.1) is 0 Å². The zero-order chi connectivity index (χ0) is 19.7. The molecular weight excluding hydrogens is 342 g/mol. The monoisotopic (exact) mass is 381 g/mol. The Bertz CT molecular complexity index is 481. The maximum Gasteiger partial charge on any atom is 0.304 e. The molecule has 0 aromatic heterocycles. The maximum atomic E-state index is 12.0. The molecular formula is C22H39NO4. The number of rotatable bonds is 11. The summed E-state index contributed by atoms with van der Waals surface area (Å²) in [6.07, 6.45) is 12.9. The van der Waals surface area contributed by atoms with E-state index in [9.17, 15) is 4.79 Å². The predicted molar refractivity (Wildman–Crippen MR) is 107 cm³/mol. The Hall–Kier alpha value is -1.07. The smallest absolute Gasteiger partial charge is 0.304 e. The Labute approximate surface area is 165 Å². The van der Waals surface area contributed by atoms with Crippen LogP contribution >= 0.6 is 0 Å². The van der Waals surface area contributed by atoms with Crippen molar-refractivity contribution >= 4 is 5.97 Å². The fraction of sp³-hybridized carbons (Fsp3) is 0.864. The second-order valence-corrected chi connectivity index (χ2v) is 8.18.